The monoisotopic (exact) mass is 213 g/mol. The van der Waals surface area contributed by atoms with E-state index >= 15 is 0 Å². The van der Waals surface area contributed by atoms with E-state index in [-0.39, 0.29) is 11.6 Å². The minimum Gasteiger partial charge on any atom is -0.504 e. The molecule has 0 aliphatic carbocycles. The number of amides is 1. The maximum atomic E-state index is 12.9. The molecule has 0 radical (unpaired) electrons. The number of nitrogens with one attached hydrogen (secondary N) is 1. The Bertz CT molecular complexity index is 367. The summed E-state index contributed by atoms with van der Waals surface area (Å²) in [5.41, 5.74) is -0.0310. The van der Waals surface area contributed by atoms with Crippen LogP contribution < -0.4 is 5.32 Å². The molecule has 15 heavy (non-hydrogen) atoms. The highest BCUT2D eigenvalue weighted by Crippen LogP contribution is 2.28. The van der Waals surface area contributed by atoms with Gasteiger partial charge in [-0.3, -0.25) is 4.79 Å². The normalized spacial score (nSPS) is 10.4. The summed E-state index contributed by atoms with van der Waals surface area (Å²) in [5.74, 6) is -3.02. The van der Waals surface area contributed by atoms with Gasteiger partial charge in [-0.25, -0.2) is 4.39 Å². The highest BCUT2D eigenvalue weighted by Gasteiger charge is 2.14. The molecule has 0 unspecified atom stereocenters. The fourth-order valence-corrected chi connectivity index (χ4v) is 1.06. The molecule has 1 amide bonds. The molecular weight excluding hydrogens is 201 g/mol. The number of aromatic hydroxyl groups is 2. The number of carbonyl (C=O) groups excluding carboxylic acids is 1. The van der Waals surface area contributed by atoms with Crippen LogP contribution in [0.1, 0.15) is 24.2 Å². The lowest BCUT2D eigenvalue weighted by atomic mass is 10.1. The van der Waals surface area contributed by atoms with E-state index in [1.165, 1.54) is 0 Å². The van der Waals surface area contributed by atoms with Gasteiger partial charge in [0.15, 0.2) is 17.3 Å². The average molecular weight is 213 g/mol. The van der Waals surface area contributed by atoms with Crippen molar-refractivity contribution in [2.24, 2.45) is 0 Å². The van der Waals surface area contributed by atoms with Gasteiger partial charge in [0, 0.05) is 11.6 Å². The summed E-state index contributed by atoms with van der Waals surface area (Å²) in [6, 6.07) is 1.79. The summed E-state index contributed by atoms with van der Waals surface area (Å²) >= 11 is 0. The molecule has 0 fully saturated rings. The number of hydrogen-bond acceptors (Lipinski definition) is 3. The molecule has 0 aliphatic rings. The number of rotatable bonds is 2. The van der Waals surface area contributed by atoms with Crippen molar-refractivity contribution in [3.8, 4) is 11.5 Å². The summed E-state index contributed by atoms with van der Waals surface area (Å²) in [6.07, 6.45) is 0. The Balaban J connectivity index is 3.01. The molecule has 82 valence electrons. The van der Waals surface area contributed by atoms with E-state index in [1.54, 1.807) is 13.8 Å². The van der Waals surface area contributed by atoms with Crippen LogP contribution in [0.2, 0.25) is 0 Å². The van der Waals surface area contributed by atoms with Gasteiger partial charge in [0.2, 0.25) is 0 Å². The van der Waals surface area contributed by atoms with Crippen LogP contribution in [0, 0.1) is 5.82 Å². The van der Waals surface area contributed by atoms with Crippen molar-refractivity contribution in [3.63, 3.8) is 0 Å². The summed E-state index contributed by atoms with van der Waals surface area (Å²) in [6.45, 7) is 3.52. The Morgan fingerprint density at radius 3 is 2.47 bits per heavy atom. The maximum Gasteiger partial charge on any atom is 0.251 e. The van der Waals surface area contributed by atoms with Gasteiger partial charge in [-0.2, -0.15) is 0 Å². The first-order valence-corrected chi connectivity index (χ1v) is 4.44. The zero-order valence-electron chi connectivity index (χ0n) is 8.41. The summed E-state index contributed by atoms with van der Waals surface area (Å²) in [4.78, 5) is 11.4. The molecule has 5 heteroatoms. The Kier molecular flexibility index (Phi) is 3.14. The number of hydrogen-bond donors (Lipinski definition) is 3. The van der Waals surface area contributed by atoms with Crippen molar-refractivity contribution in [3.05, 3.63) is 23.5 Å². The number of halogens is 1. The molecule has 3 N–H and O–H groups in total. The van der Waals surface area contributed by atoms with Gasteiger partial charge in [-0.05, 0) is 26.0 Å². The zero-order valence-corrected chi connectivity index (χ0v) is 8.41. The lowest BCUT2D eigenvalue weighted by Crippen LogP contribution is -2.30. The van der Waals surface area contributed by atoms with Gasteiger partial charge >= 0.3 is 0 Å². The molecule has 0 spiro atoms. The number of carbonyl (C=O) groups is 1. The van der Waals surface area contributed by atoms with E-state index < -0.39 is 23.2 Å². The van der Waals surface area contributed by atoms with Crippen LogP contribution in [-0.2, 0) is 0 Å². The molecule has 1 aromatic carbocycles. The molecule has 0 aromatic heterocycles. The Labute approximate surface area is 86.4 Å². The van der Waals surface area contributed by atoms with Crippen molar-refractivity contribution >= 4 is 5.91 Å². The summed E-state index contributed by atoms with van der Waals surface area (Å²) in [7, 11) is 0. The van der Waals surface area contributed by atoms with Crippen molar-refractivity contribution < 1.29 is 19.4 Å². The van der Waals surface area contributed by atoms with Crippen LogP contribution in [0.15, 0.2) is 12.1 Å². The minimum atomic E-state index is -1.02. The number of phenolic OH excluding ortho intramolecular Hbond substituents is 2. The Morgan fingerprint density at radius 1 is 1.40 bits per heavy atom. The fraction of sp³-hybridized carbons (Fsp3) is 0.300. The topological polar surface area (TPSA) is 69.6 Å². The third-order valence-electron chi connectivity index (χ3n) is 1.73. The van der Waals surface area contributed by atoms with Gasteiger partial charge in [-0.15, -0.1) is 0 Å². The highest BCUT2D eigenvalue weighted by molar-refractivity contribution is 5.95. The molecule has 0 bridgehead atoms. The van der Waals surface area contributed by atoms with Crippen LogP contribution in [0.5, 0.6) is 11.5 Å². The largest absolute Gasteiger partial charge is 0.504 e. The van der Waals surface area contributed by atoms with Gasteiger partial charge in [0.05, 0.1) is 0 Å². The molecule has 4 nitrogen and oxygen atoms in total. The minimum absolute atomic E-state index is 0.0310. The second kappa shape index (κ2) is 4.16. The van der Waals surface area contributed by atoms with Crippen molar-refractivity contribution in [1.82, 2.24) is 5.32 Å². The third-order valence-corrected chi connectivity index (χ3v) is 1.73. The zero-order chi connectivity index (χ0) is 11.6. The van der Waals surface area contributed by atoms with E-state index in [2.05, 4.69) is 5.32 Å². The van der Waals surface area contributed by atoms with Crippen molar-refractivity contribution in [2.45, 2.75) is 19.9 Å². The molecule has 1 rings (SSSR count). The van der Waals surface area contributed by atoms with Gasteiger partial charge in [0.1, 0.15) is 0 Å². The molecule has 1 aromatic rings. The molecule has 0 saturated heterocycles. The quantitative estimate of drug-likeness (QED) is 0.650. The molecule has 0 saturated carbocycles. The first-order chi connectivity index (χ1) is 6.91. The third kappa shape index (κ3) is 2.59. The lowest BCUT2D eigenvalue weighted by molar-refractivity contribution is 0.0942. The lowest BCUT2D eigenvalue weighted by Gasteiger charge is -2.09. The predicted molar refractivity (Wildman–Crippen MR) is 52.3 cm³/mol. The van der Waals surface area contributed by atoms with E-state index in [4.69, 9.17) is 10.2 Å². The molecule has 0 heterocycles. The van der Waals surface area contributed by atoms with Gasteiger partial charge in [-0.1, -0.05) is 0 Å². The Morgan fingerprint density at radius 2 is 2.00 bits per heavy atom. The standard InChI is InChI=1S/C10H12FNO3/c1-5(2)12-10(15)6-3-7(11)9(14)8(13)4-6/h3-5,13-14H,1-2H3,(H,12,15). The van der Waals surface area contributed by atoms with E-state index in [1.807, 2.05) is 0 Å². The smallest absolute Gasteiger partial charge is 0.251 e. The van der Waals surface area contributed by atoms with E-state index in [9.17, 15) is 9.18 Å². The van der Waals surface area contributed by atoms with Crippen LogP contribution in [-0.4, -0.2) is 22.2 Å². The second-order valence-electron chi connectivity index (χ2n) is 3.45. The first-order valence-electron chi connectivity index (χ1n) is 4.44. The van der Waals surface area contributed by atoms with Crippen molar-refractivity contribution in [1.29, 1.82) is 0 Å². The second-order valence-corrected chi connectivity index (χ2v) is 3.45. The van der Waals surface area contributed by atoms with Crippen LogP contribution in [0.4, 0.5) is 4.39 Å². The number of phenols is 2. The van der Waals surface area contributed by atoms with Crippen molar-refractivity contribution in [2.75, 3.05) is 0 Å². The molecular formula is C10H12FNO3. The first kappa shape index (κ1) is 11.3. The SMILES string of the molecule is CC(C)NC(=O)c1cc(O)c(O)c(F)c1. The maximum absolute atomic E-state index is 12.9. The average Bonchev–Trinajstić information content (AvgIpc) is 2.12. The summed E-state index contributed by atoms with van der Waals surface area (Å²) < 4.78 is 12.9. The summed E-state index contributed by atoms with van der Waals surface area (Å²) in [5, 5.41) is 20.6. The molecule has 0 atom stereocenters. The fourth-order valence-electron chi connectivity index (χ4n) is 1.06. The van der Waals surface area contributed by atoms with Crippen LogP contribution in [0.3, 0.4) is 0 Å². The predicted octanol–water partition coefficient (Wildman–Crippen LogP) is 1.38. The highest BCUT2D eigenvalue weighted by atomic mass is 19.1. The van der Waals surface area contributed by atoms with Gasteiger partial charge < -0.3 is 15.5 Å². The number of benzene rings is 1. The van der Waals surface area contributed by atoms with E-state index in [0.29, 0.717) is 0 Å². The van der Waals surface area contributed by atoms with Gasteiger partial charge in [0.25, 0.3) is 5.91 Å². The van der Waals surface area contributed by atoms with Crippen LogP contribution >= 0.6 is 0 Å². The Hall–Kier alpha value is -1.78. The van der Waals surface area contributed by atoms with E-state index in [0.717, 1.165) is 12.1 Å². The van der Waals surface area contributed by atoms with Crippen LogP contribution in [0.25, 0.3) is 0 Å². The molecule has 0 aliphatic heterocycles.